The number of hydrogen-bond acceptors (Lipinski definition) is 4. The molecule has 0 spiro atoms. The normalized spacial score (nSPS) is 12.9. The number of amides is 1. The Morgan fingerprint density at radius 3 is 2.27 bits per heavy atom. The average molecular weight is 215 g/mol. The van der Waals surface area contributed by atoms with Crippen LogP contribution in [0.15, 0.2) is 0 Å². The Morgan fingerprint density at radius 1 is 1.27 bits per heavy atom. The van der Waals surface area contributed by atoms with Crippen LogP contribution in [-0.4, -0.2) is 55.3 Å². The second kappa shape index (κ2) is 7.36. The Morgan fingerprint density at radius 2 is 1.87 bits per heavy atom. The first-order chi connectivity index (χ1) is 7.01. The van der Waals surface area contributed by atoms with E-state index in [0.29, 0.717) is 25.2 Å². The Hall–Kier alpha value is -0.940. The van der Waals surface area contributed by atoms with E-state index in [2.05, 4.69) is 18.7 Å². The highest BCUT2D eigenvalue weighted by molar-refractivity contribution is 5.59. The fourth-order valence-corrected chi connectivity index (χ4v) is 1.46. The summed E-state index contributed by atoms with van der Waals surface area (Å²) in [6, 6.07) is 0. The van der Waals surface area contributed by atoms with Crippen LogP contribution in [0, 0.1) is 5.92 Å². The molecular formula is C10H21N3O2. The van der Waals surface area contributed by atoms with Gasteiger partial charge in [-0.25, -0.2) is 0 Å². The van der Waals surface area contributed by atoms with Crippen molar-refractivity contribution in [3.05, 3.63) is 0 Å². The van der Waals surface area contributed by atoms with Crippen LogP contribution in [0.4, 0.5) is 0 Å². The predicted molar refractivity (Wildman–Crippen MR) is 59.1 cm³/mol. The molecule has 0 rings (SSSR count). The van der Waals surface area contributed by atoms with Crippen molar-refractivity contribution in [2.75, 3.05) is 26.7 Å². The van der Waals surface area contributed by atoms with Crippen LogP contribution in [0.3, 0.4) is 0 Å². The lowest BCUT2D eigenvalue weighted by Crippen LogP contribution is -2.49. The lowest BCUT2D eigenvalue weighted by atomic mass is 10.2. The highest BCUT2D eigenvalue weighted by atomic mass is 16.1. The summed E-state index contributed by atoms with van der Waals surface area (Å²) in [4.78, 5) is 24.2. The van der Waals surface area contributed by atoms with Crippen molar-refractivity contribution in [2.24, 2.45) is 11.7 Å². The zero-order valence-corrected chi connectivity index (χ0v) is 9.72. The maximum Gasteiger partial charge on any atom is 0.211 e. The highest BCUT2D eigenvalue weighted by Gasteiger charge is 2.14. The molecule has 0 aromatic carbocycles. The van der Waals surface area contributed by atoms with Crippen LogP contribution >= 0.6 is 0 Å². The van der Waals surface area contributed by atoms with Crippen LogP contribution in [0.5, 0.6) is 0 Å². The van der Waals surface area contributed by atoms with Crippen molar-refractivity contribution in [1.82, 2.24) is 9.80 Å². The first-order valence-corrected chi connectivity index (χ1v) is 5.10. The van der Waals surface area contributed by atoms with E-state index in [9.17, 15) is 9.59 Å². The number of carbonyl (C=O) groups is 2. The number of rotatable bonds is 8. The molecule has 15 heavy (non-hydrogen) atoms. The van der Waals surface area contributed by atoms with Gasteiger partial charge in [-0.1, -0.05) is 13.8 Å². The largest absolute Gasteiger partial charge is 0.322 e. The fraction of sp³-hybridized carbons (Fsp3) is 0.800. The van der Waals surface area contributed by atoms with Crippen molar-refractivity contribution in [2.45, 2.75) is 20.0 Å². The number of nitrogens with two attached hydrogens (primary N) is 1. The van der Waals surface area contributed by atoms with Crippen LogP contribution in [0.2, 0.25) is 0 Å². The Kier molecular flexibility index (Phi) is 6.90. The maximum absolute atomic E-state index is 10.6. The molecule has 0 saturated heterocycles. The first kappa shape index (κ1) is 14.1. The molecule has 5 heteroatoms. The van der Waals surface area contributed by atoms with Gasteiger partial charge in [0.1, 0.15) is 6.29 Å². The molecule has 0 aromatic rings. The summed E-state index contributed by atoms with van der Waals surface area (Å²) in [6.45, 7) is 5.78. The van der Waals surface area contributed by atoms with E-state index < -0.39 is 6.17 Å². The standard InChI is InChI=1S/C10H21N3O2/c1-9(2)6-12(3)7-10(11)13(8-15)4-5-14/h5,8-10H,4,6-7,11H2,1-3H3. The molecular weight excluding hydrogens is 194 g/mol. The maximum atomic E-state index is 10.6. The lowest BCUT2D eigenvalue weighted by molar-refractivity contribution is -0.124. The van der Waals surface area contributed by atoms with Gasteiger partial charge in [-0.2, -0.15) is 0 Å². The predicted octanol–water partition coefficient (Wildman–Crippen LogP) is -0.484. The minimum Gasteiger partial charge on any atom is -0.322 e. The van der Waals surface area contributed by atoms with Crippen molar-refractivity contribution >= 4 is 12.7 Å². The van der Waals surface area contributed by atoms with Gasteiger partial charge in [0.05, 0.1) is 12.7 Å². The molecule has 1 atom stereocenters. The van der Waals surface area contributed by atoms with E-state index in [1.54, 1.807) is 0 Å². The molecule has 0 saturated carbocycles. The lowest BCUT2D eigenvalue weighted by Gasteiger charge is -2.28. The number of hydrogen-bond donors (Lipinski definition) is 1. The number of carbonyl (C=O) groups excluding carboxylic acids is 2. The third kappa shape index (κ3) is 6.19. The summed E-state index contributed by atoms with van der Waals surface area (Å²) in [6.07, 6.45) is 0.871. The Bertz CT molecular complexity index is 197. The zero-order chi connectivity index (χ0) is 11.8. The van der Waals surface area contributed by atoms with E-state index in [0.717, 1.165) is 6.54 Å². The van der Waals surface area contributed by atoms with Crippen molar-refractivity contribution in [3.63, 3.8) is 0 Å². The minimum absolute atomic E-state index is 0.0557. The van der Waals surface area contributed by atoms with Gasteiger partial charge < -0.3 is 20.3 Å². The molecule has 5 nitrogen and oxygen atoms in total. The second-order valence-electron chi connectivity index (χ2n) is 4.15. The van der Waals surface area contributed by atoms with Crippen LogP contribution in [0.1, 0.15) is 13.8 Å². The summed E-state index contributed by atoms with van der Waals surface area (Å²) >= 11 is 0. The quantitative estimate of drug-likeness (QED) is 0.438. The van der Waals surface area contributed by atoms with Gasteiger partial charge in [0.2, 0.25) is 6.41 Å². The number of aldehydes is 1. The third-order valence-corrected chi connectivity index (χ3v) is 2.02. The summed E-state index contributed by atoms with van der Waals surface area (Å²) in [7, 11) is 1.95. The molecule has 0 radical (unpaired) electrons. The van der Waals surface area contributed by atoms with Gasteiger partial charge in [0.15, 0.2) is 0 Å². The van der Waals surface area contributed by atoms with Crippen LogP contribution in [-0.2, 0) is 9.59 Å². The summed E-state index contributed by atoms with van der Waals surface area (Å²) in [5.41, 5.74) is 5.79. The molecule has 1 amide bonds. The molecule has 0 heterocycles. The molecule has 0 aliphatic rings. The summed E-state index contributed by atoms with van der Waals surface area (Å²) in [5.74, 6) is 0.554. The topological polar surface area (TPSA) is 66.6 Å². The third-order valence-electron chi connectivity index (χ3n) is 2.02. The van der Waals surface area contributed by atoms with Gasteiger partial charge in [-0.05, 0) is 13.0 Å². The van der Waals surface area contributed by atoms with E-state index in [-0.39, 0.29) is 6.54 Å². The van der Waals surface area contributed by atoms with Gasteiger partial charge in [0.25, 0.3) is 0 Å². The van der Waals surface area contributed by atoms with E-state index in [4.69, 9.17) is 5.73 Å². The van der Waals surface area contributed by atoms with Crippen molar-refractivity contribution < 1.29 is 9.59 Å². The molecule has 2 N–H and O–H groups in total. The molecule has 0 aliphatic heterocycles. The Labute approximate surface area is 91.2 Å². The number of nitrogens with zero attached hydrogens (tertiary/aromatic N) is 2. The molecule has 0 aliphatic carbocycles. The van der Waals surface area contributed by atoms with E-state index in [1.807, 2.05) is 7.05 Å². The van der Waals surface area contributed by atoms with Gasteiger partial charge in [-0.3, -0.25) is 4.79 Å². The summed E-state index contributed by atoms with van der Waals surface area (Å²) < 4.78 is 0. The minimum atomic E-state index is -0.420. The average Bonchev–Trinajstić information content (AvgIpc) is 2.12. The molecule has 0 aromatic heterocycles. The molecule has 88 valence electrons. The first-order valence-electron chi connectivity index (χ1n) is 5.10. The fourth-order valence-electron chi connectivity index (χ4n) is 1.46. The monoisotopic (exact) mass is 215 g/mol. The number of likely N-dealkylation sites (N-methyl/N-ethyl adjacent to an activating group) is 1. The van der Waals surface area contributed by atoms with E-state index >= 15 is 0 Å². The van der Waals surface area contributed by atoms with Gasteiger partial charge in [-0.15, -0.1) is 0 Å². The smallest absolute Gasteiger partial charge is 0.211 e. The van der Waals surface area contributed by atoms with Crippen molar-refractivity contribution in [1.29, 1.82) is 0 Å². The van der Waals surface area contributed by atoms with Gasteiger partial charge >= 0.3 is 0 Å². The van der Waals surface area contributed by atoms with E-state index in [1.165, 1.54) is 4.90 Å². The van der Waals surface area contributed by atoms with Crippen LogP contribution in [0.25, 0.3) is 0 Å². The summed E-state index contributed by atoms with van der Waals surface area (Å²) in [5, 5.41) is 0. The molecule has 0 bridgehead atoms. The SMILES string of the molecule is CC(C)CN(C)CC(N)N(C=O)CC=O. The zero-order valence-electron chi connectivity index (χ0n) is 9.72. The highest BCUT2D eigenvalue weighted by Crippen LogP contribution is 1.98. The Balaban J connectivity index is 4.02. The molecule has 1 unspecified atom stereocenters. The van der Waals surface area contributed by atoms with Crippen LogP contribution < -0.4 is 5.73 Å². The van der Waals surface area contributed by atoms with Gasteiger partial charge in [0, 0.05) is 13.1 Å². The molecule has 0 fully saturated rings. The van der Waals surface area contributed by atoms with Crippen molar-refractivity contribution in [3.8, 4) is 0 Å². The second-order valence-corrected chi connectivity index (χ2v) is 4.15.